The first-order valence-electron chi connectivity index (χ1n) is 3.78. The fourth-order valence-electron chi connectivity index (χ4n) is 1.04. The molecular formula is C10H9F2N. The molecule has 0 radical (unpaired) electrons. The Labute approximate surface area is 75.6 Å². The lowest BCUT2D eigenvalue weighted by Crippen LogP contribution is -2.20. The Morgan fingerprint density at radius 2 is 1.85 bits per heavy atom. The van der Waals surface area contributed by atoms with Gasteiger partial charge in [-0.05, 0) is 24.1 Å². The van der Waals surface area contributed by atoms with Crippen LogP contribution in [0.25, 0.3) is 0 Å². The summed E-state index contributed by atoms with van der Waals surface area (Å²) in [5, 5.41) is 0. The molecule has 0 aliphatic rings. The molecule has 0 spiro atoms. The minimum atomic E-state index is -0.612. The molecule has 13 heavy (non-hydrogen) atoms. The van der Waals surface area contributed by atoms with E-state index in [0.717, 1.165) is 6.07 Å². The Morgan fingerprint density at radius 1 is 1.31 bits per heavy atom. The molecule has 1 aromatic rings. The third kappa shape index (κ3) is 2.85. The van der Waals surface area contributed by atoms with Crippen molar-refractivity contribution in [3.63, 3.8) is 0 Å². The van der Waals surface area contributed by atoms with E-state index in [1.807, 2.05) is 0 Å². The summed E-state index contributed by atoms with van der Waals surface area (Å²) in [6.07, 6.45) is 5.32. The van der Waals surface area contributed by atoms with Crippen molar-refractivity contribution in [2.75, 3.05) is 0 Å². The summed E-state index contributed by atoms with van der Waals surface area (Å²) in [7, 11) is 0. The number of terminal acetylenes is 1. The smallest absolute Gasteiger partial charge is 0.126 e. The maximum absolute atomic E-state index is 12.6. The van der Waals surface area contributed by atoms with E-state index >= 15 is 0 Å². The Hall–Kier alpha value is -1.40. The number of nitrogens with two attached hydrogens (primary N) is 1. The second kappa shape index (κ2) is 4.01. The van der Waals surface area contributed by atoms with E-state index in [2.05, 4.69) is 5.92 Å². The van der Waals surface area contributed by atoms with Crippen LogP contribution >= 0.6 is 0 Å². The van der Waals surface area contributed by atoms with Crippen LogP contribution in [-0.4, -0.2) is 6.04 Å². The number of rotatable bonds is 2. The van der Waals surface area contributed by atoms with E-state index in [0.29, 0.717) is 5.56 Å². The van der Waals surface area contributed by atoms with Crippen LogP contribution in [-0.2, 0) is 6.42 Å². The fraction of sp³-hybridized carbons (Fsp3) is 0.200. The second-order valence-electron chi connectivity index (χ2n) is 2.75. The molecule has 1 unspecified atom stereocenters. The van der Waals surface area contributed by atoms with Gasteiger partial charge in [-0.15, -0.1) is 6.42 Å². The zero-order valence-corrected chi connectivity index (χ0v) is 6.93. The second-order valence-corrected chi connectivity index (χ2v) is 2.75. The highest BCUT2D eigenvalue weighted by molar-refractivity contribution is 5.20. The van der Waals surface area contributed by atoms with Gasteiger partial charge in [-0.2, -0.15) is 0 Å². The number of halogens is 2. The highest BCUT2D eigenvalue weighted by Gasteiger charge is 2.03. The van der Waals surface area contributed by atoms with Crippen molar-refractivity contribution in [2.45, 2.75) is 12.5 Å². The van der Waals surface area contributed by atoms with E-state index < -0.39 is 17.7 Å². The summed E-state index contributed by atoms with van der Waals surface area (Å²) >= 11 is 0. The van der Waals surface area contributed by atoms with Gasteiger partial charge in [-0.25, -0.2) is 8.78 Å². The third-order valence-electron chi connectivity index (χ3n) is 1.59. The summed E-state index contributed by atoms with van der Waals surface area (Å²) in [6, 6.07) is 2.76. The molecule has 1 aromatic carbocycles. The maximum atomic E-state index is 12.6. The van der Waals surface area contributed by atoms with Gasteiger partial charge in [0.15, 0.2) is 0 Å². The molecule has 0 heterocycles. The molecule has 0 amide bonds. The van der Waals surface area contributed by atoms with Crippen molar-refractivity contribution in [3.8, 4) is 12.3 Å². The molecule has 1 atom stereocenters. The van der Waals surface area contributed by atoms with E-state index in [4.69, 9.17) is 12.2 Å². The zero-order chi connectivity index (χ0) is 9.84. The molecule has 1 nitrogen and oxygen atoms in total. The molecule has 0 aliphatic heterocycles. The van der Waals surface area contributed by atoms with Crippen LogP contribution in [0.1, 0.15) is 5.56 Å². The van der Waals surface area contributed by atoms with Crippen LogP contribution < -0.4 is 5.73 Å². The molecule has 0 aromatic heterocycles. The van der Waals surface area contributed by atoms with Gasteiger partial charge in [0.1, 0.15) is 11.6 Å². The largest absolute Gasteiger partial charge is 0.317 e. The summed E-state index contributed by atoms with van der Waals surface area (Å²) in [5.74, 6) is 1.06. The lowest BCUT2D eigenvalue weighted by molar-refractivity contribution is 0.578. The van der Waals surface area contributed by atoms with Crippen molar-refractivity contribution < 1.29 is 8.78 Å². The topological polar surface area (TPSA) is 26.0 Å². The SMILES string of the molecule is C#CC(N)Cc1cc(F)cc(F)c1. The minimum absolute atomic E-state index is 0.283. The number of hydrogen-bond donors (Lipinski definition) is 1. The van der Waals surface area contributed by atoms with Crippen molar-refractivity contribution in [1.29, 1.82) is 0 Å². The van der Waals surface area contributed by atoms with E-state index in [1.54, 1.807) is 0 Å². The molecule has 0 bridgehead atoms. The van der Waals surface area contributed by atoms with Crippen molar-refractivity contribution in [1.82, 2.24) is 0 Å². The molecule has 3 heteroatoms. The molecule has 0 aliphatic carbocycles. The van der Waals surface area contributed by atoms with Gasteiger partial charge in [0.05, 0.1) is 6.04 Å². The Kier molecular flexibility index (Phi) is 2.99. The van der Waals surface area contributed by atoms with Gasteiger partial charge < -0.3 is 5.73 Å². The average molecular weight is 181 g/mol. The van der Waals surface area contributed by atoms with Crippen molar-refractivity contribution >= 4 is 0 Å². The van der Waals surface area contributed by atoms with Crippen molar-refractivity contribution in [3.05, 3.63) is 35.4 Å². The zero-order valence-electron chi connectivity index (χ0n) is 6.93. The van der Waals surface area contributed by atoms with Gasteiger partial charge in [-0.1, -0.05) is 5.92 Å². The van der Waals surface area contributed by atoms with Gasteiger partial charge >= 0.3 is 0 Å². The van der Waals surface area contributed by atoms with E-state index in [1.165, 1.54) is 12.1 Å². The fourth-order valence-corrected chi connectivity index (χ4v) is 1.04. The van der Waals surface area contributed by atoms with E-state index in [-0.39, 0.29) is 6.42 Å². The summed E-state index contributed by atoms with van der Waals surface area (Å²) in [4.78, 5) is 0. The molecule has 0 fully saturated rings. The number of benzene rings is 1. The van der Waals surface area contributed by atoms with Crippen LogP contribution in [0.15, 0.2) is 18.2 Å². The molecule has 68 valence electrons. The lowest BCUT2D eigenvalue weighted by Gasteiger charge is -2.04. The lowest BCUT2D eigenvalue weighted by atomic mass is 10.1. The first-order chi connectivity index (χ1) is 6.11. The number of hydrogen-bond acceptors (Lipinski definition) is 1. The van der Waals surface area contributed by atoms with E-state index in [9.17, 15) is 8.78 Å². The normalized spacial score (nSPS) is 12.2. The summed E-state index contributed by atoms with van der Waals surface area (Å²) < 4.78 is 25.3. The first-order valence-corrected chi connectivity index (χ1v) is 3.78. The minimum Gasteiger partial charge on any atom is -0.317 e. The predicted molar refractivity (Wildman–Crippen MR) is 46.9 cm³/mol. The first kappa shape index (κ1) is 9.69. The van der Waals surface area contributed by atoms with Gasteiger partial charge in [0.2, 0.25) is 0 Å². The summed E-state index contributed by atoms with van der Waals surface area (Å²) in [6.45, 7) is 0. The van der Waals surface area contributed by atoms with Crippen molar-refractivity contribution in [2.24, 2.45) is 5.73 Å². The molecule has 0 saturated carbocycles. The molecular weight excluding hydrogens is 172 g/mol. The Balaban J connectivity index is 2.84. The molecule has 2 N–H and O–H groups in total. The highest BCUT2D eigenvalue weighted by atomic mass is 19.1. The van der Waals surface area contributed by atoms with Crippen LogP contribution in [0.5, 0.6) is 0 Å². The predicted octanol–water partition coefficient (Wildman–Crippen LogP) is 1.47. The Morgan fingerprint density at radius 3 is 2.31 bits per heavy atom. The van der Waals surface area contributed by atoms with Crippen LogP contribution in [0, 0.1) is 24.0 Å². The standard InChI is InChI=1S/C10H9F2N/c1-2-10(13)5-7-3-8(11)6-9(12)4-7/h1,3-4,6,10H,5,13H2. The summed E-state index contributed by atoms with van der Waals surface area (Å²) in [5.41, 5.74) is 5.90. The molecule has 0 saturated heterocycles. The van der Waals surface area contributed by atoms with Gasteiger partial charge in [0.25, 0.3) is 0 Å². The monoisotopic (exact) mass is 181 g/mol. The van der Waals surface area contributed by atoms with Gasteiger partial charge in [-0.3, -0.25) is 0 Å². The van der Waals surface area contributed by atoms with Crippen LogP contribution in [0.3, 0.4) is 0 Å². The quantitative estimate of drug-likeness (QED) is 0.687. The van der Waals surface area contributed by atoms with Crippen LogP contribution in [0.4, 0.5) is 8.78 Å². The maximum Gasteiger partial charge on any atom is 0.126 e. The highest BCUT2D eigenvalue weighted by Crippen LogP contribution is 2.09. The third-order valence-corrected chi connectivity index (χ3v) is 1.59. The Bertz CT molecular complexity index is 321. The van der Waals surface area contributed by atoms with Crippen LogP contribution in [0.2, 0.25) is 0 Å². The average Bonchev–Trinajstić information content (AvgIpc) is 2.02. The molecule has 1 rings (SSSR count). The van der Waals surface area contributed by atoms with Gasteiger partial charge in [0, 0.05) is 6.07 Å².